The number of nitrogens with zero attached hydrogens (tertiary/aromatic N) is 1. The maximum absolute atomic E-state index is 12.0. The van der Waals surface area contributed by atoms with Crippen molar-refractivity contribution in [3.8, 4) is 11.5 Å². The molecule has 148 valence electrons. The molecule has 0 saturated carbocycles. The molecule has 0 radical (unpaired) electrons. The van der Waals surface area contributed by atoms with Crippen LogP contribution in [0.4, 0.5) is 10.5 Å². The first kappa shape index (κ1) is 19.9. The van der Waals surface area contributed by atoms with E-state index in [1.807, 2.05) is 61.5 Å². The molecule has 6 heteroatoms. The zero-order chi connectivity index (χ0) is 20.5. The van der Waals surface area contributed by atoms with Gasteiger partial charge in [-0.1, -0.05) is 54.1 Å². The third-order valence-electron chi connectivity index (χ3n) is 4.10. The zero-order valence-electron chi connectivity index (χ0n) is 16.4. The first-order valence-corrected chi connectivity index (χ1v) is 9.16. The number of benzene rings is 3. The molecule has 0 atom stereocenters. The fraction of sp³-hybridized carbons (Fsp3) is 0.130. The van der Waals surface area contributed by atoms with E-state index in [0.29, 0.717) is 29.4 Å². The van der Waals surface area contributed by atoms with Gasteiger partial charge < -0.3 is 14.8 Å². The number of amides is 2. The zero-order valence-corrected chi connectivity index (χ0v) is 16.4. The predicted octanol–water partition coefficient (Wildman–Crippen LogP) is 4.74. The molecule has 3 rings (SSSR count). The van der Waals surface area contributed by atoms with Gasteiger partial charge in [0.2, 0.25) is 0 Å². The summed E-state index contributed by atoms with van der Waals surface area (Å²) in [6, 6.07) is 22.3. The van der Waals surface area contributed by atoms with Crippen molar-refractivity contribution in [1.82, 2.24) is 5.43 Å². The highest BCUT2D eigenvalue weighted by molar-refractivity contribution is 5.91. The number of carbonyl (C=O) groups excluding carboxylic acids is 1. The fourth-order valence-corrected chi connectivity index (χ4v) is 2.75. The van der Waals surface area contributed by atoms with E-state index in [1.54, 1.807) is 19.2 Å². The number of nitrogens with one attached hydrogen (secondary N) is 2. The minimum Gasteiger partial charge on any atom is -0.493 e. The van der Waals surface area contributed by atoms with Crippen LogP contribution in [0.15, 0.2) is 77.9 Å². The SMILES string of the molecule is COc1cccc(/C=N/NC(=O)Nc2ccccc2)c1OCc1cccc(C)c1. The number of ether oxygens (including phenoxy) is 2. The number of para-hydroxylation sites is 2. The number of urea groups is 1. The number of hydrazone groups is 1. The van der Waals surface area contributed by atoms with Gasteiger partial charge in [0.1, 0.15) is 6.61 Å². The number of rotatable bonds is 7. The van der Waals surface area contributed by atoms with E-state index in [9.17, 15) is 4.79 Å². The van der Waals surface area contributed by atoms with Gasteiger partial charge in [-0.3, -0.25) is 0 Å². The van der Waals surface area contributed by atoms with E-state index in [2.05, 4.69) is 21.9 Å². The average molecular weight is 389 g/mol. The quantitative estimate of drug-likeness (QED) is 0.453. The molecule has 0 unspecified atom stereocenters. The van der Waals surface area contributed by atoms with E-state index in [-0.39, 0.29) is 0 Å². The second-order valence-corrected chi connectivity index (χ2v) is 6.35. The summed E-state index contributed by atoms with van der Waals surface area (Å²) in [5.74, 6) is 1.15. The predicted molar refractivity (Wildman–Crippen MR) is 115 cm³/mol. The maximum Gasteiger partial charge on any atom is 0.339 e. The normalized spacial score (nSPS) is 10.6. The van der Waals surface area contributed by atoms with Crippen LogP contribution in [-0.2, 0) is 6.61 Å². The summed E-state index contributed by atoms with van der Waals surface area (Å²) in [5, 5.41) is 6.72. The molecule has 0 saturated heterocycles. The lowest BCUT2D eigenvalue weighted by Gasteiger charge is -2.13. The highest BCUT2D eigenvalue weighted by Gasteiger charge is 2.10. The van der Waals surface area contributed by atoms with Crippen molar-refractivity contribution in [2.24, 2.45) is 5.10 Å². The third-order valence-corrected chi connectivity index (χ3v) is 4.10. The molecule has 0 aliphatic heterocycles. The molecule has 6 nitrogen and oxygen atoms in total. The molecule has 0 aromatic heterocycles. The Morgan fingerprint density at radius 3 is 2.59 bits per heavy atom. The second-order valence-electron chi connectivity index (χ2n) is 6.35. The van der Waals surface area contributed by atoms with Crippen LogP contribution in [0.3, 0.4) is 0 Å². The molecular formula is C23H23N3O3. The molecule has 29 heavy (non-hydrogen) atoms. The molecule has 3 aromatic rings. The van der Waals surface area contributed by atoms with Gasteiger partial charge in [-0.25, -0.2) is 10.2 Å². The van der Waals surface area contributed by atoms with Gasteiger partial charge in [0.15, 0.2) is 11.5 Å². The van der Waals surface area contributed by atoms with Crippen LogP contribution in [0, 0.1) is 6.92 Å². The average Bonchev–Trinajstić information content (AvgIpc) is 2.73. The molecular weight excluding hydrogens is 366 g/mol. The van der Waals surface area contributed by atoms with Crippen molar-refractivity contribution in [2.45, 2.75) is 13.5 Å². The minimum atomic E-state index is -0.433. The first-order valence-electron chi connectivity index (χ1n) is 9.16. The molecule has 0 fully saturated rings. The van der Waals surface area contributed by atoms with Gasteiger partial charge in [0.25, 0.3) is 0 Å². The van der Waals surface area contributed by atoms with Crippen LogP contribution >= 0.6 is 0 Å². The van der Waals surface area contributed by atoms with Gasteiger partial charge >= 0.3 is 6.03 Å². The molecule has 3 aromatic carbocycles. The minimum absolute atomic E-state index is 0.394. The Morgan fingerprint density at radius 1 is 1.03 bits per heavy atom. The van der Waals surface area contributed by atoms with Crippen LogP contribution in [0.2, 0.25) is 0 Å². The topological polar surface area (TPSA) is 72.0 Å². The molecule has 0 aliphatic carbocycles. The molecule has 2 amide bonds. The Hall–Kier alpha value is -3.80. The molecule has 2 N–H and O–H groups in total. The first-order chi connectivity index (χ1) is 14.2. The van der Waals surface area contributed by atoms with Gasteiger partial charge in [-0.05, 0) is 36.8 Å². The number of carbonyl (C=O) groups is 1. The van der Waals surface area contributed by atoms with Gasteiger partial charge in [0.05, 0.1) is 13.3 Å². The van der Waals surface area contributed by atoms with E-state index in [1.165, 1.54) is 11.8 Å². The molecule has 0 spiro atoms. The summed E-state index contributed by atoms with van der Waals surface area (Å²) in [7, 11) is 1.58. The Labute approximate surface area is 170 Å². The standard InChI is InChI=1S/C23H23N3O3/c1-17-8-6-9-18(14-17)16-29-22-19(10-7-13-21(22)28-2)15-24-26-23(27)25-20-11-4-3-5-12-20/h3-15H,16H2,1-2H3,(H2,25,26,27)/b24-15+. The number of aryl methyl sites for hydroxylation is 1. The lowest BCUT2D eigenvalue weighted by atomic mass is 10.1. The smallest absolute Gasteiger partial charge is 0.339 e. The molecule has 0 aliphatic rings. The summed E-state index contributed by atoms with van der Waals surface area (Å²) in [5.41, 5.74) is 6.05. The van der Waals surface area contributed by atoms with Crippen molar-refractivity contribution in [2.75, 3.05) is 12.4 Å². The van der Waals surface area contributed by atoms with Crippen LogP contribution in [0.1, 0.15) is 16.7 Å². The number of hydrogen-bond donors (Lipinski definition) is 2. The summed E-state index contributed by atoms with van der Waals surface area (Å²) < 4.78 is 11.4. The van der Waals surface area contributed by atoms with Crippen LogP contribution in [0.5, 0.6) is 11.5 Å². The fourth-order valence-electron chi connectivity index (χ4n) is 2.75. The summed E-state index contributed by atoms with van der Waals surface area (Å²) in [6.07, 6.45) is 1.53. The summed E-state index contributed by atoms with van der Waals surface area (Å²) in [6.45, 7) is 2.43. The van der Waals surface area contributed by atoms with Crippen LogP contribution in [-0.4, -0.2) is 19.4 Å². The third kappa shape index (κ3) is 5.84. The number of hydrogen-bond acceptors (Lipinski definition) is 4. The number of anilines is 1. The van der Waals surface area contributed by atoms with Crippen molar-refractivity contribution in [3.05, 3.63) is 89.5 Å². The largest absolute Gasteiger partial charge is 0.493 e. The molecule has 0 heterocycles. The second kappa shape index (κ2) is 9.94. The van der Waals surface area contributed by atoms with Crippen LogP contribution in [0.25, 0.3) is 0 Å². The highest BCUT2D eigenvalue weighted by atomic mass is 16.5. The van der Waals surface area contributed by atoms with E-state index >= 15 is 0 Å². The van der Waals surface area contributed by atoms with Gasteiger partial charge in [0, 0.05) is 11.3 Å². The van der Waals surface area contributed by atoms with Crippen molar-refractivity contribution in [3.63, 3.8) is 0 Å². The Bertz CT molecular complexity index is 988. The van der Waals surface area contributed by atoms with Crippen molar-refractivity contribution >= 4 is 17.9 Å². The lowest BCUT2D eigenvalue weighted by molar-refractivity contribution is 0.252. The van der Waals surface area contributed by atoms with Gasteiger partial charge in [-0.15, -0.1) is 0 Å². The van der Waals surface area contributed by atoms with E-state index in [4.69, 9.17) is 9.47 Å². The molecule has 0 bridgehead atoms. The van der Waals surface area contributed by atoms with E-state index in [0.717, 1.165) is 5.56 Å². The highest BCUT2D eigenvalue weighted by Crippen LogP contribution is 2.30. The monoisotopic (exact) mass is 389 g/mol. The summed E-state index contributed by atoms with van der Waals surface area (Å²) in [4.78, 5) is 12.0. The Kier molecular flexibility index (Phi) is 6.84. The maximum atomic E-state index is 12.0. The van der Waals surface area contributed by atoms with Crippen molar-refractivity contribution < 1.29 is 14.3 Å². The Balaban J connectivity index is 1.68. The van der Waals surface area contributed by atoms with E-state index < -0.39 is 6.03 Å². The lowest BCUT2D eigenvalue weighted by Crippen LogP contribution is -2.24. The van der Waals surface area contributed by atoms with Gasteiger partial charge in [-0.2, -0.15) is 5.10 Å². The summed E-state index contributed by atoms with van der Waals surface area (Å²) >= 11 is 0. The Morgan fingerprint density at radius 2 is 1.83 bits per heavy atom. The van der Waals surface area contributed by atoms with Crippen LogP contribution < -0.4 is 20.2 Å². The van der Waals surface area contributed by atoms with Crippen molar-refractivity contribution in [1.29, 1.82) is 0 Å². The number of methoxy groups -OCH3 is 1.